The predicted molar refractivity (Wildman–Crippen MR) is 45.6 cm³/mol. The molecule has 1 aromatic heterocycles. The lowest BCUT2D eigenvalue weighted by atomic mass is 10.3. The highest BCUT2D eigenvalue weighted by atomic mass is 35.5. The van der Waals surface area contributed by atoms with E-state index in [1.807, 2.05) is 5.32 Å². The molecule has 5 nitrogen and oxygen atoms in total. The zero-order valence-corrected chi connectivity index (χ0v) is 7.04. The Bertz CT molecular complexity index is 386. The Balaban J connectivity index is 3.00. The Hall–Kier alpha value is -1.80. The Morgan fingerprint density at radius 3 is 2.85 bits per heavy atom. The van der Waals surface area contributed by atoms with Crippen LogP contribution >= 0.6 is 11.6 Å². The van der Waals surface area contributed by atoms with Gasteiger partial charge in [-0.05, 0) is 12.1 Å². The predicted octanol–water partition coefficient (Wildman–Crippen LogP) is 1.70. The van der Waals surface area contributed by atoms with Crippen molar-refractivity contribution in [3.8, 4) is 6.07 Å². The molecule has 0 aliphatic carbocycles. The largest absolute Gasteiger partial charge is 0.465 e. The van der Waals surface area contributed by atoms with Crippen LogP contribution in [-0.4, -0.2) is 16.2 Å². The van der Waals surface area contributed by atoms with Crippen molar-refractivity contribution >= 4 is 23.4 Å². The van der Waals surface area contributed by atoms with Gasteiger partial charge in [0.25, 0.3) is 0 Å². The van der Waals surface area contributed by atoms with Crippen molar-refractivity contribution in [3.05, 3.63) is 23.0 Å². The third kappa shape index (κ3) is 2.32. The lowest BCUT2D eigenvalue weighted by Gasteiger charge is -2.01. The van der Waals surface area contributed by atoms with Gasteiger partial charge in [-0.3, -0.25) is 5.32 Å². The van der Waals surface area contributed by atoms with Crippen LogP contribution in [0.25, 0.3) is 0 Å². The number of nitriles is 1. The molecule has 13 heavy (non-hydrogen) atoms. The maximum atomic E-state index is 10.2. The van der Waals surface area contributed by atoms with E-state index in [0.717, 1.165) is 0 Å². The number of carboxylic acid groups (broad SMARTS) is 1. The first-order valence-corrected chi connectivity index (χ1v) is 3.58. The summed E-state index contributed by atoms with van der Waals surface area (Å²) >= 11 is 5.56. The Kier molecular flexibility index (Phi) is 2.67. The van der Waals surface area contributed by atoms with E-state index in [2.05, 4.69) is 4.98 Å². The highest BCUT2D eigenvalue weighted by molar-refractivity contribution is 6.32. The lowest BCUT2D eigenvalue weighted by Crippen LogP contribution is -2.08. The number of carbonyl (C=O) groups is 1. The van der Waals surface area contributed by atoms with Crippen LogP contribution in [0.1, 0.15) is 5.69 Å². The third-order valence-electron chi connectivity index (χ3n) is 1.20. The molecule has 0 saturated carbocycles. The number of pyridine rings is 1. The van der Waals surface area contributed by atoms with Crippen molar-refractivity contribution in [3.63, 3.8) is 0 Å². The second-order valence-corrected chi connectivity index (χ2v) is 2.43. The van der Waals surface area contributed by atoms with Gasteiger partial charge in [0.2, 0.25) is 0 Å². The second-order valence-electron chi connectivity index (χ2n) is 2.08. The van der Waals surface area contributed by atoms with Crippen LogP contribution in [0.2, 0.25) is 5.15 Å². The van der Waals surface area contributed by atoms with E-state index in [9.17, 15) is 4.79 Å². The van der Waals surface area contributed by atoms with E-state index in [4.69, 9.17) is 22.0 Å². The number of amides is 1. The van der Waals surface area contributed by atoms with E-state index in [1.54, 1.807) is 6.07 Å². The number of anilines is 1. The molecular weight excluding hydrogens is 194 g/mol. The summed E-state index contributed by atoms with van der Waals surface area (Å²) in [5.74, 6) is 0. The first-order chi connectivity index (χ1) is 6.13. The normalized spacial score (nSPS) is 8.92. The van der Waals surface area contributed by atoms with Crippen LogP contribution in [-0.2, 0) is 0 Å². The number of aromatic nitrogens is 1. The summed E-state index contributed by atoms with van der Waals surface area (Å²) in [6.07, 6.45) is -1.23. The molecule has 1 amide bonds. The van der Waals surface area contributed by atoms with Crippen molar-refractivity contribution in [1.29, 1.82) is 5.26 Å². The van der Waals surface area contributed by atoms with Crippen LogP contribution in [0.5, 0.6) is 0 Å². The quantitative estimate of drug-likeness (QED) is 0.671. The summed E-state index contributed by atoms with van der Waals surface area (Å²) in [5, 5.41) is 18.8. The van der Waals surface area contributed by atoms with Gasteiger partial charge < -0.3 is 5.11 Å². The number of hydrogen-bond donors (Lipinski definition) is 2. The molecule has 66 valence electrons. The topological polar surface area (TPSA) is 86.0 Å². The van der Waals surface area contributed by atoms with Crippen molar-refractivity contribution in [1.82, 2.24) is 4.98 Å². The molecule has 0 bridgehead atoms. The van der Waals surface area contributed by atoms with E-state index in [1.165, 1.54) is 12.1 Å². The SMILES string of the molecule is N#Cc1ccc(NC(=O)O)c(Cl)n1. The molecule has 0 unspecified atom stereocenters. The zero-order chi connectivity index (χ0) is 9.84. The van der Waals surface area contributed by atoms with Gasteiger partial charge in [-0.2, -0.15) is 5.26 Å². The molecule has 0 spiro atoms. The Morgan fingerprint density at radius 2 is 2.38 bits per heavy atom. The van der Waals surface area contributed by atoms with Gasteiger partial charge in [-0.25, -0.2) is 9.78 Å². The van der Waals surface area contributed by atoms with Gasteiger partial charge in [0.05, 0.1) is 5.69 Å². The fourth-order valence-corrected chi connectivity index (χ4v) is 0.906. The minimum absolute atomic E-state index is 0.0403. The Labute approximate surface area is 78.6 Å². The molecule has 6 heteroatoms. The molecule has 2 N–H and O–H groups in total. The molecule has 1 rings (SSSR count). The minimum Gasteiger partial charge on any atom is -0.465 e. The Morgan fingerprint density at radius 1 is 1.69 bits per heavy atom. The molecule has 0 aliphatic rings. The molecule has 0 fully saturated rings. The monoisotopic (exact) mass is 197 g/mol. The minimum atomic E-state index is -1.23. The van der Waals surface area contributed by atoms with Gasteiger partial charge >= 0.3 is 6.09 Å². The smallest absolute Gasteiger partial charge is 0.409 e. The van der Waals surface area contributed by atoms with Crippen molar-refractivity contribution in [2.24, 2.45) is 0 Å². The second kappa shape index (κ2) is 3.74. The van der Waals surface area contributed by atoms with Crippen LogP contribution in [0.15, 0.2) is 12.1 Å². The van der Waals surface area contributed by atoms with Gasteiger partial charge in [-0.1, -0.05) is 11.6 Å². The van der Waals surface area contributed by atoms with Crippen LogP contribution in [0.3, 0.4) is 0 Å². The summed E-state index contributed by atoms with van der Waals surface area (Å²) < 4.78 is 0. The number of nitrogens with zero attached hydrogens (tertiary/aromatic N) is 2. The molecule has 0 saturated heterocycles. The third-order valence-corrected chi connectivity index (χ3v) is 1.49. The maximum Gasteiger partial charge on any atom is 0.409 e. The number of nitrogens with one attached hydrogen (secondary N) is 1. The highest BCUT2D eigenvalue weighted by Crippen LogP contribution is 2.18. The highest BCUT2D eigenvalue weighted by Gasteiger charge is 2.05. The molecule has 0 radical (unpaired) electrons. The summed E-state index contributed by atoms with van der Waals surface area (Å²) in [7, 11) is 0. The van der Waals surface area contributed by atoms with Crippen LogP contribution in [0, 0.1) is 11.3 Å². The van der Waals surface area contributed by atoms with E-state index in [0.29, 0.717) is 0 Å². The summed E-state index contributed by atoms with van der Waals surface area (Å²) in [4.78, 5) is 13.8. The number of rotatable bonds is 1. The summed E-state index contributed by atoms with van der Waals surface area (Å²) in [6.45, 7) is 0. The molecular formula is C7H4ClN3O2. The molecule has 0 aliphatic heterocycles. The van der Waals surface area contributed by atoms with Crippen molar-refractivity contribution in [2.75, 3.05) is 5.32 Å². The molecule has 0 aromatic carbocycles. The van der Waals surface area contributed by atoms with Gasteiger partial charge in [0.15, 0.2) is 5.15 Å². The van der Waals surface area contributed by atoms with E-state index in [-0.39, 0.29) is 16.5 Å². The fourth-order valence-electron chi connectivity index (χ4n) is 0.705. The maximum absolute atomic E-state index is 10.2. The summed E-state index contributed by atoms with van der Waals surface area (Å²) in [5.41, 5.74) is 0.300. The average Bonchev–Trinajstić information content (AvgIpc) is 2.08. The standard InChI is InChI=1S/C7H4ClN3O2/c8-6-5(11-7(12)13)2-1-4(3-9)10-6/h1-2,11H,(H,12,13). The molecule has 1 heterocycles. The van der Waals surface area contributed by atoms with Crippen molar-refractivity contribution < 1.29 is 9.90 Å². The molecule has 1 aromatic rings. The molecule has 0 atom stereocenters. The van der Waals surface area contributed by atoms with Gasteiger partial charge in [0, 0.05) is 0 Å². The van der Waals surface area contributed by atoms with Gasteiger partial charge in [0.1, 0.15) is 11.8 Å². The van der Waals surface area contributed by atoms with E-state index >= 15 is 0 Å². The number of halogens is 1. The van der Waals surface area contributed by atoms with Crippen LogP contribution < -0.4 is 5.32 Å². The van der Waals surface area contributed by atoms with Gasteiger partial charge in [-0.15, -0.1) is 0 Å². The fraction of sp³-hybridized carbons (Fsp3) is 0. The van der Waals surface area contributed by atoms with E-state index < -0.39 is 6.09 Å². The number of hydrogen-bond acceptors (Lipinski definition) is 3. The first kappa shape index (κ1) is 9.29. The average molecular weight is 198 g/mol. The summed E-state index contributed by atoms with van der Waals surface area (Å²) in [6, 6.07) is 4.53. The lowest BCUT2D eigenvalue weighted by molar-refractivity contribution is 0.209. The first-order valence-electron chi connectivity index (χ1n) is 3.20. The zero-order valence-electron chi connectivity index (χ0n) is 6.28. The van der Waals surface area contributed by atoms with Crippen molar-refractivity contribution in [2.45, 2.75) is 0 Å². The van der Waals surface area contributed by atoms with Crippen LogP contribution in [0.4, 0.5) is 10.5 Å².